The zero-order valence-corrected chi connectivity index (χ0v) is 8.81. The number of fused-ring (bicyclic) bond motifs is 1. The fourth-order valence-corrected chi connectivity index (χ4v) is 2.07. The Morgan fingerprint density at radius 3 is 2.94 bits per heavy atom. The van der Waals surface area contributed by atoms with E-state index in [0.717, 1.165) is 18.4 Å². The van der Waals surface area contributed by atoms with Crippen LogP contribution in [0.1, 0.15) is 25.7 Å². The van der Waals surface area contributed by atoms with E-state index in [-0.39, 0.29) is 12.1 Å². The van der Waals surface area contributed by atoms with Crippen molar-refractivity contribution in [2.75, 3.05) is 5.73 Å². The molecule has 0 unspecified atom stereocenters. The zero-order chi connectivity index (χ0) is 11.0. The average molecular weight is 219 g/mol. The Balaban J connectivity index is 1.97. The van der Waals surface area contributed by atoms with Gasteiger partial charge in [-0.1, -0.05) is 0 Å². The Morgan fingerprint density at radius 1 is 1.31 bits per heavy atom. The number of nitrogens with one attached hydrogen (secondary N) is 1. The highest BCUT2D eigenvalue weighted by molar-refractivity contribution is 5.76. The van der Waals surface area contributed by atoms with Crippen molar-refractivity contribution in [3.8, 4) is 5.88 Å². The van der Waals surface area contributed by atoms with Gasteiger partial charge in [0.1, 0.15) is 11.6 Å². The van der Waals surface area contributed by atoms with Gasteiger partial charge in [0.05, 0.1) is 6.33 Å². The predicted octanol–water partition coefficient (Wildman–Crippen LogP) is 1.26. The van der Waals surface area contributed by atoms with Crippen LogP contribution in [0.15, 0.2) is 6.33 Å². The monoisotopic (exact) mass is 219 g/mol. The summed E-state index contributed by atoms with van der Waals surface area (Å²) < 4.78 is 5.83. The quantitative estimate of drug-likeness (QED) is 0.793. The molecule has 0 spiro atoms. The van der Waals surface area contributed by atoms with Crippen LogP contribution in [0.2, 0.25) is 0 Å². The fourth-order valence-electron chi connectivity index (χ4n) is 2.07. The van der Waals surface area contributed by atoms with Gasteiger partial charge in [0.25, 0.3) is 0 Å². The lowest BCUT2D eigenvalue weighted by Crippen LogP contribution is -2.13. The first-order chi connectivity index (χ1) is 7.83. The molecule has 3 N–H and O–H groups in total. The van der Waals surface area contributed by atoms with Gasteiger partial charge in [0.15, 0.2) is 5.65 Å². The van der Waals surface area contributed by atoms with Crippen LogP contribution in [-0.2, 0) is 0 Å². The van der Waals surface area contributed by atoms with Gasteiger partial charge in [-0.2, -0.15) is 9.97 Å². The van der Waals surface area contributed by atoms with Gasteiger partial charge < -0.3 is 15.5 Å². The summed E-state index contributed by atoms with van der Waals surface area (Å²) in [5.74, 6) is 0.722. The molecule has 3 rings (SSSR count). The van der Waals surface area contributed by atoms with Crippen LogP contribution in [0.5, 0.6) is 5.88 Å². The second-order valence-corrected chi connectivity index (χ2v) is 4.01. The van der Waals surface area contributed by atoms with Crippen molar-refractivity contribution >= 4 is 17.1 Å². The number of aromatic nitrogens is 4. The highest BCUT2D eigenvalue weighted by atomic mass is 16.5. The van der Waals surface area contributed by atoms with Gasteiger partial charge in [0, 0.05) is 0 Å². The van der Waals surface area contributed by atoms with Crippen LogP contribution < -0.4 is 10.5 Å². The first-order valence-corrected chi connectivity index (χ1v) is 5.46. The minimum atomic E-state index is 0.201. The largest absolute Gasteiger partial charge is 0.473 e. The zero-order valence-electron chi connectivity index (χ0n) is 8.81. The maximum atomic E-state index is 5.83. The van der Waals surface area contributed by atoms with Crippen molar-refractivity contribution in [3.63, 3.8) is 0 Å². The van der Waals surface area contributed by atoms with Crippen molar-refractivity contribution < 1.29 is 4.74 Å². The van der Waals surface area contributed by atoms with Crippen LogP contribution in [0.3, 0.4) is 0 Å². The maximum Gasteiger partial charge on any atom is 0.245 e. The fraction of sp³-hybridized carbons (Fsp3) is 0.500. The molecule has 0 radical (unpaired) electrons. The number of anilines is 1. The van der Waals surface area contributed by atoms with E-state index in [1.807, 2.05) is 0 Å². The first-order valence-electron chi connectivity index (χ1n) is 5.46. The second-order valence-electron chi connectivity index (χ2n) is 4.01. The van der Waals surface area contributed by atoms with E-state index in [0.29, 0.717) is 11.5 Å². The van der Waals surface area contributed by atoms with Crippen LogP contribution in [0, 0.1) is 0 Å². The van der Waals surface area contributed by atoms with Crippen molar-refractivity contribution in [1.82, 2.24) is 19.9 Å². The van der Waals surface area contributed by atoms with Gasteiger partial charge in [-0.15, -0.1) is 0 Å². The molecular formula is C10H13N5O. The van der Waals surface area contributed by atoms with E-state index in [2.05, 4.69) is 19.9 Å². The summed E-state index contributed by atoms with van der Waals surface area (Å²) in [4.78, 5) is 15.1. The summed E-state index contributed by atoms with van der Waals surface area (Å²) >= 11 is 0. The number of hydrogen-bond acceptors (Lipinski definition) is 5. The molecule has 2 heterocycles. The summed E-state index contributed by atoms with van der Waals surface area (Å²) in [6, 6.07) is 0. The molecule has 0 atom stereocenters. The van der Waals surface area contributed by atoms with E-state index in [9.17, 15) is 0 Å². The standard InChI is InChI=1S/C10H13N5O/c11-10-14-8-7(12-5-13-8)9(15-10)16-6-3-1-2-4-6/h5-6H,1-4H2,(H3,11,12,13,14,15). The molecule has 6 heteroatoms. The van der Waals surface area contributed by atoms with Crippen molar-refractivity contribution in [2.24, 2.45) is 0 Å². The van der Waals surface area contributed by atoms with E-state index in [4.69, 9.17) is 10.5 Å². The Bertz CT molecular complexity index is 503. The molecule has 1 aliphatic carbocycles. The molecular weight excluding hydrogens is 206 g/mol. The molecule has 0 amide bonds. The Morgan fingerprint density at radius 2 is 2.12 bits per heavy atom. The number of nitrogens with two attached hydrogens (primary N) is 1. The predicted molar refractivity (Wildman–Crippen MR) is 59.0 cm³/mol. The summed E-state index contributed by atoms with van der Waals surface area (Å²) in [5.41, 5.74) is 6.88. The van der Waals surface area contributed by atoms with E-state index < -0.39 is 0 Å². The number of ether oxygens (including phenoxy) is 1. The lowest BCUT2D eigenvalue weighted by atomic mass is 10.3. The molecule has 0 bridgehead atoms. The molecule has 6 nitrogen and oxygen atoms in total. The van der Waals surface area contributed by atoms with Crippen LogP contribution >= 0.6 is 0 Å². The van der Waals surface area contributed by atoms with Crippen molar-refractivity contribution in [2.45, 2.75) is 31.8 Å². The smallest absolute Gasteiger partial charge is 0.245 e. The normalized spacial score (nSPS) is 17.0. The molecule has 0 aliphatic heterocycles. The van der Waals surface area contributed by atoms with Crippen molar-refractivity contribution in [1.29, 1.82) is 0 Å². The lowest BCUT2D eigenvalue weighted by molar-refractivity contribution is 0.204. The van der Waals surface area contributed by atoms with Gasteiger partial charge >= 0.3 is 0 Å². The lowest BCUT2D eigenvalue weighted by Gasteiger charge is -2.12. The SMILES string of the molecule is Nc1nc(OC2CCCC2)c2[nH]cnc2n1. The summed E-state index contributed by atoms with van der Waals surface area (Å²) in [6.07, 6.45) is 6.43. The maximum absolute atomic E-state index is 5.83. The third-order valence-electron chi connectivity index (χ3n) is 2.85. The molecule has 1 aliphatic rings. The number of nitrogens with zero attached hydrogens (tertiary/aromatic N) is 3. The third kappa shape index (κ3) is 1.56. The number of nitrogen functional groups attached to an aromatic ring is 1. The Hall–Kier alpha value is -1.85. The van der Waals surface area contributed by atoms with E-state index in [1.165, 1.54) is 12.8 Å². The minimum Gasteiger partial charge on any atom is -0.473 e. The van der Waals surface area contributed by atoms with Crippen LogP contribution in [0.25, 0.3) is 11.2 Å². The molecule has 0 aromatic carbocycles. The summed E-state index contributed by atoms with van der Waals surface area (Å²) in [6.45, 7) is 0. The van der Waals surface area contributed by atoms with Crippen LogP contribution in [0.4, 0.5) is 5.95 Å². The Labute approximate surface area is 92.3 Å². The minimum absolute atomic E-state index is 0.201. The highest BCUT2D eigenvalue weighted by Crippen LogP contribution is 2.26. The van der Waals surface area contributed by atoms with Gasteiger partial charge in [-0.25, -0.2) is 4.98 Å². The second kappa shape index (κ2) is 3.62. The van der Waals surface area contributed by atoms with Gasteiger partial charge in [-0.05, 0) is 25.7 Å². The van der Waals surface area contributed by atoms with Gasteiger partial charge in [0.2, 0.25) is 11.8 Å². The van der Waals surface area contributed by atoms with Gasteiger partial charge in [-0.3, -0.25) is 0 Å². The summed E-state index contributed by atoms with van der Waals surface area (Å²) in [5, 5.41) is 0. The van der Waals surface area contributed by atoms with E-state index >= 15 is 0 Å². The molecule has 2 aromatic heterocycles. The topological polar surface area (TPSA) is 89.7 Å². The van der Waals surface area contributed by atoms with Crippen molar-refractivity contribution in [3.05, 3.63) is 6.33 Å². The molecule has 16 heavy (non-hydrogen) atoms. The first kappa shape index (κ1) is 9.38. The molecule has 1 saturated carbocycles. The molecule has 0 saturated heterocycles. The number of hydrogen-bond donors (Lipinski definition) is 2. The average Bonchev–Trinajstić information content (AvgIpc) is 2.87. The molecule has 2 aromatic rings. The number of imidazole rings is 1. The van der Waals surface area contributed by atoms with E-state index in [1.54, 1.807) is 6.33 Å². The number of H-pyrrole nitrogens is 1. The van der Waals surface area contributed by atoms with Crippen LogP contribution in [-0.4, -0.2) is 26.0 Å². The number of rotatable bonds is 2. The molecule has 84 valence electrons. The number of aromatic amines is 1. The summed E-state index contributed by atoms with van der Waals surface area (Å²) in [7, 11) is 0. The highest BCUT2D eigenvalue weighted by Gasteiger charge is 2.19. The third-order valence-corrected chi connectivity index (χ3v) is 2.85. The molecule has 1 fully saturated rings. The Kier molecular flexibility index (Phi) is 2.12.